The van der Waals surface area contributed by atoms with E-state index in [1.807, 2.05) is 36.4 Å². The summed E-state index contributed by atoms with van der Waals surface area (Å²) < 4.78 is 12.9. The van der Waals surface area contributed by atoms with Crippen molar-refractivity contribution >= 4 is 17.9 Å². The highest BCUT2D eigenvalue weighted by molar-refractivity contribution is 7.97. The molecule has 0 fully saturated rings. The van der Waals surface area contributed by atoms with Crippen molar-refractivity contribution < 1.29 is 14.1 Å². The zero-order valence-corrected chi connectivity index (χ0v) is 15.4. The first-order valence-corrected chi connectivity index (χ1v) is 9.01. The smallest absolute Gasteiger partial charge is 0.320 e. The Bertz CT molecular complexity index is 860. The lowest BCUT2D eigenvalue weighted by atomic mass is 10.1. The van der Waals surface area contributed by atoms with Crippen molar-refractivity contribution in [2.24, 2.45) is 0 Å². The van der Waals surface area contributed by atoms with Gasteiger partial charge in [0, 0.05) is 16.0 Å². The van der Waals surface area contributed by atoms with Crippen molar-refractivity contribution in [3.05, 3.63) is 54.1 Å². The molecule has 0 aliphatic carbocycles. The van der Waals surface area contributed by atoms with Crippen molar-refractivity contribution in [3.63, 3.8) is 0 Å². The van der Waals surface area contributed by atoms with E-state index in [0.717, 1.165) is 22.4 Å². The van der Waals surface area contributed by atoms with Crippen molar-refractivity contribution in [1.29, 1.82) is 0 Å². The fourth-order valence-corrected chi connectivity index (χ4v) is 2.89. The molecule has 7 heteroatoms. The summed E-state index contributed by atoms with van der Waals surface area (Å²) in [6.45, 7) is 2.26. The molecule has 1 aromatic heterocycles. The minimum atomic E-state index is -0.305. The number of carbonyl (C=O) groups excluding carboxylic acids is 1. The van der Waals surface area contributed by atoms with E-state index < -0.39 is 0 Å². The van der Waals surface area contributed by atoms with Gasteiger partial charge >= 0.3 is 5.97 Å². The molecule has 0 unspecified atom stereocenters. The number of methoxy groups -OCH3 is 1. The van der Waals surface area contributed by atoms with Crippen LogP contribution in [-0.2, 0) is 16.0 Å². The summed E-state index contributed by atoms with van der Waals surface area (Å²) in [6, 6.07) is 15.8. The molecule has 0 bridgehead atoms. The van der Waals surface area contributed by atoms with Gasteiger partial charge < -0.3 is 9.26 Å². The second-order valence-electron chi connectivity index (χ2n) is 5.50. The Morgan fingerprint density at radius 2 is 1.81 bits per heavy atom. The lowest BCUT2D eigenvalue weighted by Gasteiger charge is -2.03. The third-order valence-corrected chi connectivity index (χ3v) is 4.58. The first-order chi connectivity index (χ1) is 12.7. The summed E-state index contributed by atoms with van der Waals surface area (Å²) in [5, 5.41) is 4.06. The monoisotopic (exact) mass is 369 g/mol. The zero-order valence-electron chi connectivity index (χ0n) is 14.6. The predicted octanol–water partition coefficient (Wildman–Crippen LogP) is 3.74. The zero-order chi connectivity index (χ0) is 18.4. The molecule has 0 spiro atoms. The number of nitrogens with zero attached hydrogens (tertiary/aromatic N) is 2. The quantitative estimate of drug-likeness (QED) is 0.502. The summed E-state index contributed by atoms with van der Waals surface area (Å²) >= 11 is 1.36. The molecular formula is C19H19N3O3S. The molecule has 1 N–H and O–H groups in total. The molecule has 1 heterocycles. The van der Waals surface area contributed by atoms with E-state index in [1.165, 1.54) is 24.6 Å². The van der Waals surface area contributed by atoms with Crippen LogP contribution in [0.15, 0.2) is 57.9 Å². The van der Waals surface area contributed by atoms with E-state index in [1.54, 1.807) is 0 Å². The average molecular weight is 369 g/mol. The Morgan fingerprint density at radius 1 is 1.12 bits per heavy atom. The van der Waals surface area contributed by atoms with Crippen molar-refractivity contribution in [3.8, 4) is 22.8 Å². The van der Waals surface area contributed by atoms with Crippen LogP contribution in [-0.4, -0.2) is 29.8 Å². The lowest BCUT2D eigenvalue weighted by molar-refractivity contribution is -0.139. The third-order valence-electron chi connectivity index (χ3n) is 3.78. The summed E-state index contributed by atoms with van der Waals surface area (Å²) in [7, 11) is 1.36. The Hall–Kier alpha value is -2.64. The first kappa shape index (κ1) is 18.2. The molecule has 0 atom stereocenters. The summed E-state index contributed by atoms with van der Waals surface area (Å²) in [5.41, 5.74) is 3.03. The van der Waals surface area contributed by atoms with E-state index >= 15 is 0 Å². The van der Waals surface area contributed by atoms with Gasteiger partial charge in [0.15, 0.2) is 0 Å². The Morgan fingerprint density at radius 3 is 2.46 bits per heavy atom. The molecule has 0 aliphatic rings. The van der Waals surface area contributed by atoms with Crippen molar-refractivity contribution in [2.45, 2.75) is 18.2 Å². The van der Waals surface area contributed by atoms with Gasteiger partial charge in [0.05, 0.1) is 7.11 Å². The maximum Gasteiger partial charge on any atom is 0.320 e. The van der Waals surface area contributed by atoms with Crippen LogP contribution in [0, 0.1) is 0 Å². The van der Waals surface area contributed by atoms with Crippen LogP contribution in [0.2, 0.25) is 0 Å². The molecule has 0 saturated carbocycles. The Balaban J connectivity index is 1.66. The molecule has 0 saturated heterocycles. The molecule has 0 amide bonds. The maximum absolute atomic E-state index is 11.1. The minimum Gasteiger partial charge on any atom is -0.468 e. The number of rotatable bonds is 7. The van der Waals surface area contributed by atoms with Crippen LogP contribution in [0.1, 0.15) is 12.5 Å². The summed E-state index contributed by atoms with van der Waals surface area (Å²) in [6.07, 6.45) is 0.994. The summed E-state index contributed by atoms with van der Waals surface area (Å²) in [5.74, 6) is 0.736. The van der Waals surface area contributed by atoms with Crippen LogP contribution in [0.5, 0.6) is 0 Å². The average Bonchev–Trinajstić information content (AvgIpc) is 3.18. The van der Waals surface area contributed by atoms with E-state index in [2.05, 4.69) is 38.7 Å². The molecular weight excluding hydrogens is 350 g/mol. The first-order valence-electron chi connectivity index (χ1n) is 8.19. The number of carbonyl (C=O) groups is 1. The lowest BCUT2D eigenvalue weighted by Crippen LogP contribution is -2.17. The highest BCUT2D eigenvalue weighted by atomic mass is 32.2. The van der Waals surface area contributed by atoms with Gasteiger partial charge in [-0.05, 0) is 60.3 Å². The van der Waals surface area contributed by atoms with Gasteiger partial charge in [0.2, 0.25) is 5.82 Å². The van der Waals surface area contributed by atoms with Gasteiger partial charge in [0.1, 0.15) is 6.54 Å². The van der Waals surface area contributed by atoms with E-state index in [4.69, 9.17) is 4.52 Å². The van der Waals surface area contributed by atoms with Gasteiger partial charge in [-0.1, -0.05) is 24.2 Å². The number of aromatic nitrogens is 2. The van der Waals surface area contributed by atoms with Crippen LogP contribution >= 0.6 is 11.9 Å². The fraction of sp³-hybridized carbons (Fsp3) is 0.211. The number of aryl methyl sites for hydroxylation is 1. The van der Waals surface area contributed by atoms with Gasteiger partial charge in [0.25, 0.3) is 5.89 Å². The highest BCUT2D eigenvalue weighted by Crippen LogP contribution is 2.24. The molecule has 6 nitrogen and oxygen atoms in total. The van der Waals surface area contributed by atoms with Crippen molar-refractivity contribution in [1.82, 2.24) is 14.9 Å². The van der Waals surface area contributed by atoms with Crippen LogP contribution in [0.3, 0.4) is 0 Å². The largest absolute Gasteiger partial charge is 0.468 e. The topological polar surface area (TPSA) is 77.2 Å². The van der Waals surface area contributed by atoms with Gasteiger partial charge in [-0.2, -0.15) is 4.98 Å². The van der Waals surface area contributed by atoms with E-state index in [-0.39, 0.29) is 12.5 Å². The minimum absolute atomic E-state index is 0.147. The summed E-state index contributed by atoms with van der Waals surface area (Å²) in [4.78, 5) is 16.5. The molecule has 26 heavy (non-hydrogen) atoms. The number of ether oxygens (including phenoxy) is 1. The van der Waals surface area contributed by atoms with Crippen LogP contribution in [0.4, 0.5) is 0 Å². The molecule has 0 aliphatic heterocycles. The van der Waals surface area contributed by atoms with Crippen LogP contribution in [0.25, 0.3) is 22.8 Å². The second kappa shape index (κ2) is 8.64. The Kier molecular flexibility index (Phi) is 6.04. The predicted molar refractivity (Wildman–Crippen MR) is 100 cm³/mol. The molecule has 3 aromatic rings. The fourth-order valence-electron chi connectivity index (χ4n) is 2.26. The highest BCUT2D eigenvalue weighted by Gasteiger charge is 2.10. The number of esters is 1. The second-order valence-corrected chi connectivity index (χ2v) is 6.46. The Labute approximate surface area is 156 Å². The molecule has 0 radical (unpaired) electrons. The number of hydrogen-bond donors (Lipinski definition) is 1. The molecule has 134 valence electrons. The number of nitrogens with one attached hydrogen (secondary N) is 1. The van der Waals surface area contributed by atoms with Gasteiger partial charge in [-0.3, -0.25) is 4.79 Å². The van der Waals surface area contributed by atoms with E-state index in [0.29, 0.717) is 11.7 Å². The third kappa shape index (κ3) is 4.50. The van der Waals surface area contributed by atoms with Gasteiger partial charge in [-0.15, -0.1) is 0 Å². The number of benzene rings is 2. The SMILES string of the molecule is CCc1ccc(-c2nc(-c3ccc(SNCC(=O)OC)cc3)no2)cc1. The van der Waals surface area contributed by atoms with Crippen molar-refractivity contribution in [2.75, 3.05) is 13.7 Å². The number of hydrogen-bond acceptors (Lipinski definition) is 7. The normalized spacial score (nSPS) is 10.7. The van der Waals surface area contributed by atoms with E-state index in [9.17, 15) is 4.79 Å². The maximum atomic E-state index is 11.1. The molecule has 3 rings (SSSR count). The van der Waals surface area contributed by atoms with Gasteiger partial charge in [-0.25, -0.2) is 4.72 Å². The van der Waals surface area contributed by atoms with Crippen LogP contribution < -0.4 is 4.72 Å². The standard InChI is InChI=1S/C19H19N3O3S/c1-3-13-4-6-15(7-5-13)19-21-18(22-25-19)14-8-10-16(11-9-14)26-20-12-17(23)24-2/h4-11,20H,3,12H2,1-2H3. The molecule has 2 aromatic carbocycles.